The molecule has 2 unspecified atom stereocenters. The number of nitrogens with one attached hydrogen (secondary N) is 1. The second kappa shape index (κ2) is 15.4. The van der Waals surface area contributed by atoms with Gasteiger partial charge in [-0.15, -0.1) is 0 Å². The molecular weight excluding hydrogens is 568 g/mol. The fourth-order valence-corrected chi connectivity index (χ4v) is 7.15. The lowest BCUT2D eigenvalue weighted by molar-refractivity contribution is -0.158. The fraction of sp³-hybridized carbons (Fsp3) is 0.667. The average Bonchev–Trinajstić information content (AvgIpc) is 3.51. The van der Waals surface area contributed by atoms with Crippen LogP contribution in [0.2, 0.25) is 0 Å². The Labute approximate surface area is 269 Å². The van der Waals surface area contributed by atoms with Crippen molar-refractivity contribution in [2.45, 2.75) is 116 Å². The second-order valence-electron chi connectivity index (χ2n) is 13.9. The summed E-state index contributed by atoms with van der Waals surface area (Å²) >= 11 is 0. The predicted molar refractivity (Wildman–Crippen MR) is 175 cm³/mol. The van der Waals surface area contributed by atoms with E-state index in [0.29, 0.717) is 18.5 Å². The maximum absolute atomic E-state index is 13.9. The Hall–Kier alpha value is -3.20. The Morgan fingerprint density at radius 3 is 2.33 bits per heavy atom. The highest BCUT2D eigenvalue weighted by molar-refractivity contribution is 5.96. The smallest absolute Gasteiger partial charge is 0.329 e. The zero-order valence-electron chi connectivity index (χ0n) is 28.4. The van der Waals surface area contributed by atoms with Crippen molar-refractivity contribution >= 4 is 23.7 Å². The van der Waals surface area contributed by atoms with Gasteiger partial charge in [0.15, 0.2) is 0 Å². The molecule has 9 heteroatoms. The van der Waals surface area contributed by atoms with Crippen LogP contribution in [-0.4, -0.2) is 89.7 Å². The number of likely N-dealkylation sites (N-methyl/N-ethyl adjacent to an activating group) is 2. The molecule has 1 N–H and O–H groups in total. The minimum absolute atomic E-state index is 0.0143. The van der Waals surface area contributed by atoms with E-state index in [2.05, 4.69) is 16.3 Å². The second-order valence-corrected chi connectivity index (χ2v) is 13.9. The Morgan fingerprint density at radius 1 is 0.933 bits per heavy atom. The Morgan fingerprint density at radius 2 is 1.64 bits per heavy atom. The number of ether oxygens (including phenoxy) is 1. The number of fused-ring (bicyclic) bond motifs is 1. The van der Waals surface area contributed by atoms with Crippen LogP contribution >= 0.6 is 0 Å². The predicted octanol–water partition coefficient (Wildman–Crippen LogP) is 4.65. The first-order valence-corrected chi connectivity index (χ1v) is 17.0. The molecule has 2 heterocycles. The van der Waals surface area contributed by atoms with Crippen molar-refractivity contribution in [3.8, 4) is 0 Å². The van der Waals surface area contributed by atoms with Gasteiger partial charge >= 0.3 is 5.97 Å². The van der Waals surface area contributed by atoms with E-state index in [1.165, 1.54) is 5.56 Å². The van der Waals surface area contributed by atoms with Gasteiger partial charge in [-0.05, 0) is 88.4 Å². The van der Waals surface area contributed by atoms with Gasteiger partial charge in [-0.1, -0.05) is 64.5 Å². The highest BCUT2D eigenvalue weighted by Gasteiger charge is 2.39. The van der Waals surface area contributed by atoms with Crippen LogP contribution in [0, 0.1) is 11.8 Å². The molecule has 1 aromatic rings. The van der Waals surface area contributed by atoms with E-state index in [1.54, 1.807) is 23.8 Å². The van der Waals surface area contributed by atoms with Crippen LogP contribution in [0.4, 0.5) is 0 Å². The van der Waals surface area contributed by atoms with Crippen molar-refractivity contribution in [1.82, 2.24) is 20.0 Å². The number of rotatable bonds is 10. The van der Waals surface area contributed by atoms with E-state index in [9.17, 15) is 19.2 Å². The lowest BCUT2D eigenvalue weighted by Crippen LogP contribution is -2.57. The minimum Gasteiger partial charge on any atom is -0.456 e. The van der Waals surface area contributed by atoms with Crippen LogP contribution < -0.4 is 5.32 Å². The molecule has 4 rings (SSSR count). The summed E-state index contributed by atoms with van der Waals surface area (Å²) in [6, 6.07) is 6.22. The summed E-state index contributed by atoms with van der Waals surface area (Å²) in [5.74, 6) is -0.932. The van der Waals surface area contributed by atoms with E-state index in [1.807, 2.05) is 59.0 Å². The molecule has 2 saturated heterocycles. The number of carbonyl (C=O) groups excluding carboxylic acids is 4. The summed E-state index contributed by atoms with van der Waals surface area (Å²) in [6.07, 6.45) is 8.46. The van der Waals surface area contributed by atoms with Gasteiger partial charge in [-0.2, -0.15) is 0 Å². The Bertz CT molecular complexity index is 1260. The Kier molecular flexibility index (Phi) is 11.9. The molecule has 45 heavy (non-hydrogen) atoms. The molecule has 2 fully saturated rings. The number of amides is 3. The molecule has 2 aliphatic heterocycles. The van der Waals surface area contributed by atoms with Crippen LogP contribution in [0.15, 0.2) is 35.9 Å². The van der Waals surface area contributed by atoms with Crippen LogP contribution in [0.1, 0.15) is 96.8 Å². The highest BCUT2D eigenvalue weighted by Crippen LogP contribution is 2.34. The zero-order chi connectivity index (χ0) is 32.8. The molecule has 0 aromatic heterocycles. The maximum atomic E-state index is 13.9. The van der Waals surface area contributed by atoms with Crippen molar-refractivity contribution < 1.29 is 23.9 Å². The zero-order valence-corrected chi connectivity index (χ0v) is 28.4. The molecule has 5 atom stereocenters. The number of hydrogen-bond donors (Lipinski definition) is 1. The molecule has 0 bridgehead atoms. The molecule has 0 spiro atoms. The molecule has 9 nitrogen and oxygen atoms in total. The lowest BCUT2D eigenvalue weighted by atomic mass is 9.89. The van der Waals surface area contributed by atoms with E-state index < -0.39 is 12.1 Å². The van der Waals surface area contributed by atoms with Gasteiger partial charge in [0.1, 0.15) is 18.2 Å². The monoisotopic (exact) mass is 622 g/mol. The molecular formula is C36H54N4O5. The number of aryl methyl sites for hydroxylation is 1. The van der Waals surface area contributed by atoms with Crippen molar-refractivity contribution in [3.05, 3.63) is 47.0 Å². The number of likely N-dealkylation sites (tertiary alicyclic amines) is 2. The third-order valence-electron chi connectivity index (χ3n) is 9.90. The molecule has 248 valence electrons. The van der Waals surface area contributed by atoms with Gasteiger partial charge < -0.3 is 19.9 Å². The number of benzene rings is 1. The fourth-order valence-electron chi connectivity index (χ4n) is 7.15. The highest BCUT2D eigenvalue weighted by atomic mass is 16.5. The number of hydrogen-bond acceptors (Lipinski definition) is 6. The first-order chi connectivity index (χ1) is 21.4. The van der Waals surface area contributed by atoms with Crippen LogP contribution in [0.5, 0.6) is 0 Å². The maximum Gasteiger partial charge on any atom is 0.329 e. The van der Waals surface area contributed by atoms with Crippen molar-refractivity contribution in [3.63, 3.8) is 0 Å². The van der Waals surface area contributed by atoms with E-state index >= 15 is 0 Å². The SMILES string of the molecule is C/C(=C\[C@H](C(C)C)N(C)C(=O)C(NC(=O)C1CCCCN1C)C(C)C)C(=O)N1CCC[C@H]1C(=O)O[C@@H]1CCCc2ccccc21. The average molecular weight is 623 g/mol. The number of carbonyl (C=O) groups is 4. The summed E-state index contributed by atoms with van der Waals surface area (Å²) < 4.78 is 6.04. The van der Waals surface area contributed by atoms with Crippen LogP contribution in [0.25, 0.3) is 0 Å². The van der Waals surface area contributed by atoms with Gasteiger partial charge in [0.2, 0.25) is 17.7 Å². The molecule has 1 aromatic carbocycles. The number of nitrogens with zero attached hydrogens (tertiary/aromatic N) is 3. The van der Waals surface area contributed by atoms with E-state index in [0.717, 1.165) is 57.1 Å². The molecule has 0 radical (unpaired) electrons. The third-order valence-corrected chi connectivity index (χ3v) is 9.90. The summed E-state index contributed by atoms with van der Waals surface area (Å²) in [5, 5.41) is 3.05. The molecule has 3 amide bonds. The number of piperidine rings is 1. The summed E-state index contributed by atoms with van der Waals surface area (Å²) in [6.45, 7) is 11.0. The summed E-state index contributed by atoms with van der Waals surface area (Å²) in [4.78, 5) is 59.7. The van der Waals surface area contributed by atoms with Crippen molar-refractivity contribution in [1.29, 1.82) is 0 Å². The largest absolute Gasteiger partial charge is 0.456 e. The molecule has 0 saturated carbocycles. The van der Waals surface area contributed by atoms with Gasteiger partial charge in [0.05, 0.1) is 12.1 Å². The first kappa shape index (κ1) is 34.7. The van der Waals surface area contributed by atoms with Crippen molar-refractivity contribution in [2.24, 2.45) is 11.8 Å². The molecule has 3 aliphatic rings. The standard InChI is InChI=1S/C36H54N4O5/c1-23(2)30(39(7)35(43)32(24(3)4)37-33(41)28-17-10-11-20-38(28)6)22-25(5)34(42)40-21-13-18-29(40)36(44)45-31-19-12-15-26-14-8-9-16-27(26)31/h8-9,14,16,22-24,28-32H,10-13,15,17-21H2,1-7H3,(H,37,41)/b25-22+/t28?,29-,30+,31+,32?/m0/s1. The third kappa shape index (κ3) is 8.15. The summed E-state index contributed by atoms with van der Waals surface area (Å²) in [5.41, 5.74) is 2.78. The normalized spacial score (nSPS) is 23.8. The van der Waals surface area contributed by atoms with Crippen molar-refractivity contribution in [2.75, 3.05) is 27.2 Å². The number of esters is 1. The van der Waals surface area contributed by atoms with Gasteiger partial charge in [0.25, 0.3) is 0 Å². The van der Waals surface area contributed by atoms with Gasteiger partial charge in [0, 0.05) is 19.2 Å². The summed E-state index contributed by atoms with van der Waals surface area (Å²) in [7, 11) is 3.70. The van der Waals surface area contributed by atoms with E-state index in [-0.39, 0.29) is 53.7 Å². The topological polar surface area (TPSA) is 99.3 Å². The molecule has 1 aliphatic carbocycles. The van der Waals surface area contributed by atoms with Gasteiger partial charge in [-0.3, -0.25) is 19.3 Å². The van der Waals surface area contributed by atoms with E-state index in [4.69, 9.17) is 4.74 Å². The van der Waals surface area contributed by atoms with Gasteiger partial charge in [-0.25, -0.2) is 4.79 Å². The van der Waals surface area contributed by atoms with Crippen LogP contribution in [0.3, 0.4) is 0 Å². The lowest BCUT2D eigenvalue weighted by Gasteiger charge is -2.36. The first-order valence-electron chi connectivity index (χ1n) is 17.0. The van der Waals surface area contributed by atoms with Crippen LogP contribution in [-0.2, 0) is 30.3 Å². The minimum atomic E-state index is -0.675. The Balaban J connectivity index is 1.44. The quantitative estimate of drug-likeness (QED) is 0.301.